The summed E-state index contributed by atoms with van der Waals surface area (Å²) in [5.41, 5.74) is 10.4. The van der Waals surface area contributed by atoms with Gasteiger partial charge in [0.2, 0.25) is 11.8 Å². The Bertz CT molecular complexity index is 331. The minimum Gasteiger partial charge on any atom is -0.480 e. The molecule has 0 radical (unpaired) electrons. The third-order valence-electron chi connectivity index (χ3n) is 2.23. The zero-order chi connectivity index (χ0) is 14.1. The summed E-state index contributed by atoms with van der Waals surface area (Å²) in [7, 11) is 0. The maximum Gasteiger partial charge on any atom is 0.326 e. The second-order valence-electron chi connectivity index (χ2n) is 3.75. The molecule has 6 N–H and O–H groups in total. The maximum atomic E-state index is 11.5. The molecule has 8 heteroatoms. The lowest BCUT2D eigenvalue weighted by atomic mass is 10.1. The first-order valence-corrected chi connectivity index (χ1v) is 5.39. The van der Waals surface area contributed by atoms with Crippen LogP contribution in [-0.2, 0) is 19.2 Å². The molecule has 2 atom stereocenters. The molecule has 0 aromatic carbocycles. The Morgan fingerprint density at radius 3 is 2.33 bits per heavy atom. The average molecular weight is 259 g/mol. The number of nitrogens with two attached hydrogens (primary N) is 2. The molecule has 0 aromatic rings. The number of aliphatic carboxylic acids is 1. The monoisotopic (exact) mass is 259 g/mol. The first kappa shape index (κ1) is 16.0. The lowest BCUT2D eigenvalue weighted by Gasteiger charge is -2.16. The molecular weight excluding hydrogens is 242 g/mol. The Hall–Kier alpha value is -1.96. The van der Waals surface area contributed by atoms with E-state index in [0.29, 0.717) is 6.29 Å². The average Bonchev–Trinajstić information content (AvgIpc) is 2.30. The zero-order valence-electron chi connectivity index (χ0n) is 9.80. The number of aldehydes is 1. The molecule has 0 aliphatic carbocycles. The second-order valence-corrected chi connectivity index (χ2v) is 3.75. The van der Waals surface area contributed by atoms with Crippen molar-refractivity contribution in [1.82, 2.24) is 5.32 Å². The van der Waals surface area contributed by atoms with E-state index < -0.39 is 29.9 Å². The fourth-order valence-electron chi connectivity index (χ4n) is 1.20. The molecular formula is C10H17N3O5. The standard InChI is InChI=1S/C10H17N3O5/c11-6(3-4-8(12)15)9(16)13-7(10(17)18)2-1-5-14/h5-7H,1-4,11H2,(H2,12,15)(H,13,16)(H,17,18)/t6-,7-/m1/s1. The summed E-state index contributed by atoms with van der Waals surface area (Å²) in [5, 5.41) is 11.0. The van der Waals surface area contributed by atoms with Gasteiger partial charge >= 0.3 is 5.97 Å². The number of rotatable bonds is 9. The van der Waals surface area contributed by atoms with Gasteiger partial charge in [-0.05, 0) is 12.8 Å². The van der Waals surface area contributed by atoms with Crippen molar-refractivity contribution in [2.45, 2.75) is 37.8 Å². The third kappa shape index (κ3) is 6.59. The van der Waals surface area contributed by atoms with Gasteiger partial charge in [0.15, 0.2) is 0 Å². The van der Waals surface area contributed by atoms with Gasteiger partial charge in [-0.3, -0.25) is 9.59 Å². The van der Waals surface area contributed by atoms with Gasteiger partial charge in [0.25, 0.3) is 0 Å². The van der Waals surface area contributed by atoms with Crippen LogP contribution in [-0.4, -0.2) is 41.3 Å². The van der Waals surface area contributed by atoms with Crippen LogP contribution in [0.5, 0.6) is 0 Å². The van der Waals surface area contributed by atoms with Crippen LogP contribution in [0.3, 0.4) is 0 Å². The van der Waals surface area contributed by atoms with Crippen LogP contribution in [0.4, 0.5) is 0 Å². The number of nitrogens with one attached hydrogen (secondary N) is 1. The van der Waals surface area contributed by atoms with Gasteiger partial charge in [-0.15, -0.1) is 0 Å². The van der Waals surface area contributed by atoms with Gasteiger partial charge < -0.3 is 26.7 Å². The van der Waals surface area contributed by atoms with Gasteiger partial charge in [0.1, 0.15) is 12.3 Å². The molecule has 0 bridgehead atoms. The van der Waals surface area contributed by atoms with Crippen LogP contribution in [0.25, 0.3) is 0 Å². The Morgan fingerprint density at radius 2 is 1.89 bits per heavy atom. The number of primary amides is 1. The van der Waals surface area contributed by atoms with Crippen molar-refractivity contribution in [3.05, 3.63) is 0 Å². The number of carbonyl (C=O) groups excluding carboxylic acids is 3. The van der Waals surface area contributed by atoms with Gasteiger partial charge in [0.05, 0.1) is 6.04 Å². The lowest BCUT2D eigenvalue weighted by molar-refractivity contribution is -0.142. The molecule has 0 spiro atoms. The SMILES string of the molecule is NC(=O)CC[C@@H](N)C(=O)N[C@H](CCC=O)C(=O)O. The predicted molar refractivity (Wildman–Crippen MR) is 61.3 cm³/mol. The van der Waals surface area contributed by atoms with Crippen molar-refractivity contribution < 1.29 is 24.3 Å². The van der Waals surface area contributed by atoms with E-state index >= 15 is 0 Å². The van der Waals surface area contributed by atoms with E-state index in [-0.39, 0.29) is 25.7 Å². The normalized spacial score (nSPS) is 13.4. The molecule has 18 heavy (non-hydrogen) atoms. The summed E-state index contributed by atoms with van der Waals surface area (Å²) in [5.74, 6) is -2.52. The van der Waals surface area contributed by atoms with Crippen LogP contribution in [0.2, 0.25) is 0 Å². The zero-order valence-corrected chi connectivity index (χ0v) is 9.80. The number of carboxylic acids is 1. The van der Waals surface area contributed by atoms with Crippen LogP contribution in [0.15, 0.2) is 0 Å². The summed E-state index contributed by atoms with van der Waals surface area (Å²) < 4.78 is 0. The molecule has 0 fully saturated rings. The molecule has 2 amide bonds. The van der Waals surface area contributed by atoms with Crippen molar-refractivity contribution in [2.75, 3.05) is 0 Å². The van der Waals surface area contributed by atoms with Crippen molar-refractivity contribution in [2.24, 2.45) is 11.5 Å². The minimum absolute atomic E-state index is 0.00683. The van der Waals surface area contributed by atoms with E-state index in [2.05, 4.69) is 5.32 Å². The van der Waals surface area contributed by atoms with E-state index in [1.54, 1.807) is 0 Å². The van der Waals surface area contributed by atoms with Crippen LogP contribution >= 0.6 is 0 Å². The first-order chi connectivity index (χ1) is 8.38. The number of carbonyl (C=O) groups is 4. The molecule has 0 aliphatic heterocycles. The fraction of sp³-hybridized carbons (Fsp3) is 0.600. The van der Waals surface area contributed by atoms with Gasteiger partial charge in [0, 0.05) is 12.8 Å². The number of amides is 2. The molecule has 0 saturated carbocycles. The highest BCUT2D eigenvalue weighted by atomic mass is 16.4. The molecule has 0 heterocycles. The highest BCUT2D eigenvalue weighted by Crippen LogP contribution is 1.99. The first-order valence-electron chi connectivity index (χ1n) is 5.39. The summed E-state index contributed by atoms with van der Waals surface area (Å²) in [6.45, 7) is 0. The molecule has 0 saturated heterocycles. The van der Waals surface area contributed by atoms with Crippen molar-refractivity contribution >= 4 is 24.1 Å². The molecule has 102 valence electrons. The Kier molecular flexibility index (Phi) is 7.29. The van der Waals surface area contributed by atoms with E-state index in [0.717, 1.165) is 0 Å². The smallest absolute Gasteiger partial charge is 0.326 e. The van der Waals surface area contributed by atoms with Crippen molar-refractivity contribution in [3.63, 3.8) is 0 Å². The minimum atomic E-state index is -1.24. The summed E-state index contributed by atoms with van der Waals surface area (Å²) >= 11 is 0. The topological polar surface area (TPSA) is 153 Å². The van der Waals surface area contributed by atoms with Crippen LogP contribution in [0.1, 0.15) is 25.7 Å². The summed E-state index contributed by atoms with van der Waals surface area (Å²) in [4.78, 5) is 42.9. The molecule has 0 aliphatic rings. The Morgan fingerprint density at radius 1 is 1.28 bits per heavy atom. The third-order valence-corrected chi connectivity index (χ3v) is 2.23. The quantitative estimate of drug-likeness (QED) is 0.356. The Labute approximate surface area is 104 Å². The molecule has 0 unspecified atom stereocenters. The number of hydrogen-bond acceptors (Lipinski definition) is 5. The van der Waals surface area contributed by atoms with E-state index in [1.807, 2.05) is 0 Å². The van der Waals surface area contributed by atoms with Crippen LogP contribution < -0.4 is 16.8 Å². The number of hydrogen-bond donors (Lipinski definition) is 4. The largest absolute Gasteiger partial charge is 0.480 e. The molecule has 0 rings (SSSR count). The molecule has 0 aromatic heterocycles. The lowest BCUT2D eigenvalue weighted by Crippen LogP contribution is -2.48. The summed E-state index contributed by atoms with van der Waals surface area (Å²) in [6, 6.07) is -2.17. The summed E-state index contributed by atoms with van der Waals surface area (Å²) in [6.07, 6.45) is 0.567. The van der Waals surface area contributed by atoms with E-state index in [4.69, 9.17) is 16.6 Å². The second kappa shape index (κ2) is 8.18. The van der Waals surface area contributed by atoms with Gasteiger partial charge in [-0.25, -0.2) is 4.79 Å². The highest BCUT2D eigenvalue weighted by molar-refractivity contribution is 5.87. The Balaban J connectivity index is 4.26. The van der Waals surface area contributed by atoms with E-state index in [9.17, 15) is 19.2 Å². The van der Waals surface area contributed by atoms with Crippen molar-refractivity contribution in [3.8, 4) is 0 Å². The van der Waals surface area contributed by atoms with E-state index in [1.165, 1.54) is 0 Å². The van der Waals surface area contributed by atoms with Crippen molar-refractivity contribution in [1.29, 1.82) is 0 Å². The maximum absolute atomic E-state index is 11.5. The molecule has 8 nitrogen and oxygen atoms in total. The highest BCUT2D eigenvalue weighted by Gasteiger charge is 2.22. The number of carboxylic acid groups (broad SMARTS) is 1. The van der Waals surface area contributed by atoms with Crippen LogP contribution in [0, 0.1) is 0 Å². The van der Waals surface area contributed by atoms with Gasteiger partial charge in [-0.1, -0.05) is 0 Å². The predicted octanol–water partition coefficient (Wildman–Crippen LogP) is -1.87. The fourth-order valence-corrected chi connectivity index (χ4v) is 1.20. The van der Waals surface area contributed by atoms with Gasteiger partial charge in [-0.2, -0.15) is 0 Å².